The van der Waals surface area contributed by atoms with E-state index in [9.17, 15) is 9.18 Å². The smallest absolute Gasteiger partial charge is 0.244 e. The van der Waals surface area contributed by atoms with Gasteiger partial charge in [-0.05, 0) is 25.5 Å². The zero-order chi connectivity index (χ0) is 17.4. The number of aromatic amines is 1. The highest BCUT2D eigenvalue weighted by Gasteiger charge is 2.40. The molecule has 25 heavy (non-hydrogen) atoms. The van der Waals surface area contributed by atoms with Gasteiger partial charge in [0, 0.05) is 19.6 Å². The first-order valence-corrected chi connectivity index (χ1v) is 8.44. The summed E-state index contributed by atoms with van der Waals surface area (Å²) in [4.78, 5) is 20.8. The number of hydrogen-bond acceptors (Lipinski definition) is 5. The second-order valence-corrected chi connectivity index (χ2v) is 6.38. The molecule has 0 aliphatic carbocycles. The third-order valence-corrected chi connectivity index (χ3v) is 4.76. The van der Waals surface area contributed by atoms with Crippen molar-refractivity contribution >= 4 is 11.6 Å². The number of nitrogens with zero attached hydrogens (tertiary/aromatic N) is 4. The molecule has 2 aliphatic heterocycles. The minimum atomic E-state index is -0.368. The van der Waals surface area contributed by atoms with Crippen molar-refractivity contribution < 1.29 is 13.9 Å². The van der Waals surface area contributed by atoms with Crippen molar-refractivity contribution in [1.29, 1.82) is 0 Å². The van der Waals surface area contributed by atoms with Crippen LogP contribution in [0.5, 0.6) is 0 Å². The van der Waals surface area contributed by atoms with Crippen LogP contribution in [0.25, 0.3) is 0 Å². The monoisotopic (exact) mass is 345 g/mol. The molecule has 1 aromatic carbocycles. The number of anilines is 1. The van der Waals surface area contributed by atoms with Gasteiger partial charge in [0.2, 0.25) is 5.91 Å². The summed E-state index contributed by atoms with van der Waals surface area (Å²) in [6.07, 6.45) is 0.418. The Labute approximate surface area is 144 Å². The van der Waals surface area contributed by atoms with Crippen LogP contribution >= 0.6 is 0 Å². The van der Waals surface area contributed by atoms with Crippen LogP contribution in [0.1, 0.15) is 24.2 Å². The molecule has 2 aliphatic rings. The van der Waals surface area contributed by atoms with E-state index in [1.54, 1.807) is 23.1 Å². The highest BCUT2D eigenvalue weighted by molar-refractivity contribution is 5.99. The minimum absolute atomic E-state index is 0.0584. The summed E-state index contributed by atoms with van der Waals surface area (Å²) in [6.45, 7) is 4.10. The molecule has 4 rings (SSSR count). The minimum Gasteiger partial charge on any atom is -0.367 e. The van der Waals surface area contributed by atoms with E-state index in [0.717, 1.165) is 5.82 Å². The fourth-order valence-electron chi connectivity index (χ4n) is 3.53. The van der Waals surface area contributed by atoms with E-state index in [-0.39, 0.29) is 23.9 Å². The largest absolute Gasteiger partial charge is 0.367 e. The molecule has 0 unspecified atom stereocenters. The number of carbonyl (C=O) groups excluding carboxylic acids is 1. The lowest BCUT2D eigenvalue weighted by Gasteiger charge is -2.34. The molecule has 0 saturated carbocycles. The van der Waals surface area contributed by atoms with E-state index >= 15 is 0 Å². The Hall–Kier alpha value is -2.32. The van der Waals surface area contributed by atoms with Crippen LogP contribution in [0.2, 0.25) is 0 Å². The van der Waals surface area contributed by atoms with Crippen LogP contribution in [0.3, 0.4) is 0 Å². The Balaban J connectivity index is 1.49. The Kier molecular flexibility index (Phi) is 4.22. The first-order chi connectivity index (χ1) is 12.1. The zero-order valence-corrected chi connectivity index (χ0v) is 14.0. The molecule has 1 amide bonds. The molecule has 2 atom stereocenters. The standard InChI is InChI=1S/C17H20FN5O2/c1-11-19-16(21-20-11)15-10-22(8-9-25-15)14-6-7-23(17(14)24)13-5-3-2-4-12(13)18/h2-5,14-15H,6-10H2,1H3,(H,19,20,21)/t14-,15+/m0/s1. The summed E-state index contributed by atoms with van der Waals surface area (Å²) < 4.78 is 19.8. The lowest BCUT2D eigenvalue weighted by Crippen LogP contribution is -2.48. The maximum atomic E-state index is 14.0. The van der Waals surface area contributed by atoms with Gasteiger partial charge in [-0.25, -0.2) is 9.37 Å². The molecule has 7 nitrogen and oxygen atoms in total. The molecule has 0 spiro atoms. The predicted molar refractivity (Wildman–Crippen MR) is 88.5 cm³/mol. The molecule has 8 heteroatoms. The Morgan fingerprint density at radius 2 is 2.16 bits per heavy atom. The summed E-state index contributed by atoms with van der Waals surface area (Å²) in [5.74, 6) is 0.918. The second kappa shape index (κ2) is 6.53. The van der Waals surface area contributed by atoms with Gasteiger partial charge in [0.15, 0.2) is 5.82 Å². The van der Waals surface area contributed by atoms with Gasteiger partial charge in [0.1, 0.15) is 17.7 Å². The SMILES string of the molecule is Cc1nc([C@H]2CN([C@H]3CCN(c4ccccc4F)C3=O)CCO2)n[nH]1. The number of rotatable bonds is 3. The van der Waals surface area contributed by atoms with Crippen LogP contribution in [-0.2, 0) is 9.53 Å². The lowest BCUT2D eigenvalue weighted by atomic mass is 10.1. The van der Waals surface area contributed by atoms with Crippen molar-refractivity contribution in [2.75, 3.05) is 31.1 Å². The van der Waals surface area contributed by atoms with Crippen LogP contribution in [0.15, 0.2) is 24.3 Å². The third kappa shape index (κ3) is 3.03. The van der Waals surface area contributed by atoms with Crippen LogP contribution < -0.4 is 4.90 Å². The summed E-state index contributed by atoms with van der Waals surface area (Å²) in [5.41, 5.74) is 0.351. The van der Waals surface area contributed by atoms with Crippen molar-refractivity contribution in [3.63, 3.8) is 0 Å². The Morgan fingerprint density at radius 3 is 2.92 bits per heavy atom. The van der Waals surface area contributed by atoms with Crippen molar-refractivity contribution in [2.45, 2.75) is 25.5 Å². The number of para-hydroxylation sites is 1. The molecule has 1 N–H and O–H groups in total. The molecule has 3 heterocycles. The van der Waals surface area contributed by atoms with Crippen molar-refractivity contribution in [3.8, 4) is 0 Å². The zero-order valence-electron chi connectivity index (χ0n) is 14.0. The molecule has 0 bridgehead atoms. The number of carbonyl (C=O) groups is 1. The fourth-order valence-corrected chi connectivity index (χ4v) is 3.53. The number of H-pyrrole nitrogens is 1. The molecular weight excluding hydrogens is 325 g/mol. The number of aromatic nitrogens is 3. The number of halogens is 1. The van der Waals surface area contributed by atoms with Crippen molar-refractivity contribution in [3.05, 3.63) is 41.7 Å². The van der Waals surface area contributed by atoms with Gasteiger partial charge in [-0.3, -0.25) is 14.8 Å². The highest BCUT2D eigenvalue weighted by Crippen LogP contribution is 2.29. The molecule has 2 fully saturated rings. The third-order valence-electron chi connectivity index (χ3n) is 4.76. The normalized spacial score (nSPS) is 24.9. The van der Waals surface area contributed by atoms with Gasteiger partial charge in [-0.2, -0.15) is 5.10 Å². The van der Waals surface area contributed by atoms with E-state index in [1.165, 1.54) is 6.07 Å². The van der Waals surface area contributed by atoms with Crippen LogP contribution in [-0.4, -0.2) is 58.3 Å². The summed E-state index contributed by atoms with van der Waals surface area (Å²) in [5, 5.41) is 6.98. The maximum absolute atomic E-state index is 14.0. The average molecular weight is 345 g/mol. The second-order valence-electron chi connectivity index (χ2n) is 6.38. The number of nitrogens with one attached hydrogen (secondary N) is 1. The number of benzene rings is 1. The van der Waals surface area contributed by atoms with E-state index in [4.69, 9.17) is 4.74 Å². The van der Waals surface area contributed by atoms with Crippen LogP contribution in [0.4, 0.5) is 10.1 Å². The van der Waals surface area contributed by atoms with Crippen LogP contribution in [0, 0.1) is 12.7 Å². The van der Waals surface area contributed by atoms with E-state index in [0.29, 0.717) is 44.2 Å². The topological polar surface area (TPSA) is 74.3 Å². The lowest BCUT2D eigenvalue weighted by molar-refractivity contribution is -0.125. The molecule has 1 aromatic heterocycles. The summed E-state index contributed by atoms with van der Waals surface area (Å²) in [7, 11) is 0. The van der Waals surface area contributed by atoms with E-state index in [2.05, 4.69) is 20.1 Å². The number of ether oxygens (including phenoxy) is 1. The summed E-state index contributed by atoms with van der Waals surface area (Å²) >= 11 is 0. The Bertz CT molecular complexity index is 780. The molecule has 2 saturated heterocycles. The number of amides is 1. The Morgan fingerprint density at radius 1 is 1.32 bits per heavy atom. The fraction of sp³-hybridized carbons (Fsp3) is 0.471. The maximum Gasteiger partial charge on any atom is 0.244 e. The highest BCUT2D eigenvalue weighted by atomic mass is 19.1. The van der Waals surface area contributed by atoms with Gasteiger partial charge in [-0.15, -0.1) is 0 Å². The van der Waals surface area contributed by atoms with E-state index in [1.807, 2.05) is 6.92 Å². The van der Waals surface area contributed by atoms with Gasteiger partial charge in [0.05, 0.1) is 18.3 Å². The van der Waals surface area contributed by atoms with Gasteiger partial charge < -0.3 is 9.64 Å². The van der Waals surface area contributed by atoms with Gasteiger partial charge >= 0.3 is 0 Å². The van der Waals surface area contributed by atoms with E-state index < -0.39 is 0 Å². The summed E-state index contributed by atoms with van der Waals surface area (Å²) in [6, 6.07) is 6.14. The molecule has 0 radical (unpaired) electrons. The van der Waals surface area contributed by atoms with Gasteiger partial charge in [0.25, 0.3) is 0 Å². The molecule has 132 valence electrons. The molecular formula is C17H20FN5O2. The van der Waals surface area contributed by atoms with Crippen molar-refractivity contribution in [2.24, 2.45) is 0 Å². The average Bonchev–Trinajstić information content (AvgIpc) is 3.22. The first kappa shape index (κ1) is 16.2. The number of morpholine rings is 1. The number of hydrogen-bond donors (Lipinski definition) is 1. The van der Waals surface area contributed by atoms with Gasteiger partial charge in [-0.1, -0.05) is 12.1 Å². The quantitative estimate of drug-likeness (QED) is 0.911. The van der Waals surface area contributed by atoms with Crippen molar-refractivity contribution in [1.82, 2.24) is 20.1 Å². The first-order valence-electron chi connectivity index (χ1n) is 8.44. The molecule has 2 aromatic rings. The number of aryl methyl sites for hydroxylation is 1. The predicted octanol–water partition coefficient (Wildman–Crippen LogP) is 1.43.